The second kappa shape index (κ2) is 5.39. The van der Waals surface area contributed by atoms with Crippen molar-refractivity contribution in [1.29, 1.82) is 10.5 Å². The first-order valence-corrected chi connectivity index (χ1v) is 4.81. The molecular weight excluding hydrogens is 236 g/mol. The zero-order chi connectivity index (χ0) is 12.1. The largest absolute Gasteiger partial charge is 0.280 e. The Morgan fingerprint density at radius 2 is 2.12 bits per heavy atom. The van der Waals surface area contributed by atoms with Crippen molar-refractivity contribution in [2.45, 2.75) is 18.7 Å². The van der Waals surface area contributed by atoms with Crippen molar-refractivity contribution in [1.82, 2.24) is 4.98 Å². The Hall–Kier alpha value is -1.72. The molecule has 0 aliphatic rings. The van der Waals surface area contributed by atoms with Gasteiger partial charge in [0.05, 0.1) is 12.5 Å². The highest BCUT2D eigenvalue weighted by molar-refractivity contribution is 6.17. The number of halogens is 3. The molecule has 0 atom stereocenters. The Morgan fingerprint density at radius 3 is 2.56 bits per heavy atom. The van der Waals surface area contributed by atoms with Crippen molar-refractivity contribution in [3.05, 3.63) is 28.6 Å². The van der Waals surface area contributed by atoms with Gasteiger partial charge in [0.1, 0.15) is 17.5 Å². The summed E-state index contributed by atoms with van der Waals surface area (Å²) >= 11 is 5.58. The van der Waals surface area contributed by atoms with E-state index in [1.807, 2.05) is 6.07 Å². The van der Waals surface area contributed by atoms with Crippen molar-refractivity contribution in [3.63, 3.8) is 0 Å². The maximum atomic E-state index is 12.4. The molecular formula is C10H6ClF2N3. The van der Waals surface area contributed by atoms with Gasteiger partial charge in [0.2, 0.25) is 0 Å². The standard InChI is InChI=1S/C10H6ClF2N3/c11-4-6-3-8(10(12)13)16-9(5-15)7(6)1-2-14/h3,10H,1,4H2. The van der Waals surface area contributed by atoms with Crippen LogP contribution >= 0.6 is 11.6 Å². The highest BCUT2D eigenvalue weighted by Gasteiger charge is 2.16. The minimum absolute atomic E-state index is 0.0338. The molecule has 0 radical (unpaired) electrons. The van der Waals surface area contributed by atoms with Gasteiger partial charge in [0, 0.05) is 11.4 Å². The van der Waals surface area contributed by atoms with Crippen molar-refractivity contribution < 1.29 is 8.78 Å². The van der Waals surface area contributed by atoms with E-state index in [4.69, 9.17) is 22.1 Å². The smallest absolute Gasteiger partial charge is 0.236 e. The molecule has 3 nitrogen and oxygen atoms in total. The van der Waals surface area contributed by atoms with Gasteiger partial charge < -0.3 is 0 Å². The van der Waals surface area contributed by atoms with Gasteiger partial charge in [-0.1, -0.05) is 0 Å². The van der Waals surface area contributed by atoms with Gasteiger partial charge in [0.15, 0.2) is 0 Å². The molecule has 0 unspecified atom stereocenters. The Labute approximate surface area is 95.9 Å². The van der Waals surface area contributed by atoms with Crippen LogP contribution in [0.25, 0.3) is 0 Å². The molecule has 0 aliphatic carbocycles. The van der Waals surface area contributed by atoms with Gasteiger partial charge in [0.25, 0.3) is 6.43 Å². The Balaban J connectivity index is 3.39. The summed E-state index contributed by atoms with van der Waals surface area (Å²) in [5.74, 6) is -0.0338. The molecule has 1 aromatic heterocycles. The summed E-state index contributed by atoms with van der Waals surface area (Å²) < 4.78 is 24.9. The first-order chi connectivity index (χ1) is 7.63. The average Bonchev–Trinajstić information content (AvgIpc) is 2.29. The van der Waals surface area contributed by atoms with Gasteiger partial charge >= 0.3 is 0 Å². The third kappa shape index (κ3) is 2.44. The predicted molar refractivity (Wildman–Crippen MR) is 52.8 cm³/mol. The number of hydrogen-bond acceptors (Lipinski definition) is 3. The number of pyridine rings is 1. The second-order valence-corrected chi connectivity index (χ2v) is 3.18. The Kier molecular flexibility index (Phi) is 4.16. The highest BCUT2D eigenvalue weighted by atomic mass is 35.5. The lowest BCUT2D eigenvalue weighted by Crippen LogP contribution is -2.03. The van der Waals surface area contributed by atoms with Crippen LogP contribution in [0.1, 0.15) is 28.9 Å². The van der Waals surface area contributed by atoms with E-state index in [1.165, 1.54) is 0 Å². The first-order valence-electron chi connectivity index (χ1n) is 4.27. The van der Waals surface area contributed by atoms with Crippen molar-refractivity contribution in [3.8, 4) is 12.1 Å². The number of aromatic nitrogens is 1. The van der Waals surface area contributed by atoms with Gasteiger partial charge in [-0.2, -0.15) is 10.5 Å². The Morgan fingerprint density at radius 1 is 1.44 bits per heavy atom. The highest BCUT2D eigenvalue weighted by Crippen LogP contribution is 2.23. The maximum absolute atomic E-state index is 12.4. The predicted octanol–water partition coefficient (Wildman–Crippen LogP) is 2.70. The van der Waals surface area contributed by atoms with Crippen molar-refractivity contribution in [2.75, 3.05) is 0 Å². The quantitative estimate of drug-likeness (QED) is 0.765. The van der Waals surface area contributed by atoms with Crippen LogP contribution in [0.4, 0.5) is 8.78 Å². The van der Waals surface area contributed by atoms with Crippen molar-refractivity contribution >= 4 is 11.6 Å². The van der Waals surface area contributed by atoms with Crippen LogP contribution in [0, 0.1) is 22.7 Å². The fourth-order valence-corrected chi connectivity index (χ4v) is 1.48. The monoisotopic (exact) mass is 241 g/mol. The number of nitriles is 2. The van der Waals surface area contributed by atoms with E-state index < -0.39 is 12.1 Å². The maximum Gasteiger partial charge on any atom is 0.280 e. The summed E-state index contributed by atoms with van der Waals surface area (Å²) in [6, 6.07) is 4.67. The molecule has 1 rings (SSSR count). The number of nitrogens with zero attached hydrogens (tertiary/aromatic N) is 3. The van der Waals surface area contributed by atoms with E-state index in [-0.39, 0.29) is 18.0 Å². The van der Waals surface area contributed by atoms with E-state index >= 15 is 0 Å². The summed E-state index contributed by atoms with van der Waals surface area (Å²) in [6.07, 6.45) is -2.83. The third-order valence-corrected chi connectivity index (χ3v) is 2.25. The van der Waals surface area contributed by atoms with E-state index in [2.05, 4.69) is 4.98 Å². The van der Waals surface area contributed by atoms with Gasteiger partial charge in [-0.25, -0.2) is 13.8 Å². The number of rotatable bonds is 3. The van der Waals surface area contributed by atoms with Crippen LogP contribution in [-0.4, -0.2) is 4.98 Å². The molecule has 16 heavy (non-hydrogen) atoms. The molecule has 1 aromatic rings. The summed E-state index contributed by atoms with van der Waals surface area (Å²) in [4.78, 5) is 3.50. The molecule has 6 heteroatoms. The van der Waals surface area contributed by atoms with Crippen molar-refractivity contribution in [2.24, 2.45) is 0 Å². The molecule has 0 N–H and O–H groups in total. The van der Waals surface area contributed by atoms with Gasteiger partial charge in [-0.3, -0.25) is 0 Å². The lowest BCUT2D eigenvalue weighted by atomic mass is 10.0. The molecule has 0 saturated carbocycles. The average molecular weight is 242 g/mol. The molecule has 0 spiro atoms. The van der Waals surface area contributed by atoms with Gasteiger partial charge in [-0.15, -0.1) is 11.6 Å². The van der Waals surface area contributed by atoms with Gasteiger partial charge in [-0.05, 0) is 11.6 Å². The Bertz CT molecular complexity index is 474. The van der Waals surface area contributed by atoms with E-state index in [0.717, 1.165) is 6.07 Å². The molecule has 0 aromatic carbocycles. The lowest BCUT2D eigenvalue weighted by molar-refractivity contribution is 0.146. The molecule has 0 saturated heterocycles. The SMILES string of the molecule is N#CCc1c(CCl)cc(C(F)F)nc1C#N. The van der Waals surface area contributed by atoms with E-state index in [1.54, 1.807) is 6.07 Å². The molecule has 0 bridgehead atoms. The summed E-state index contributed by atoms with van der Waals surface area (Å²) in [5.41, 5.74) is 0.0263. The van der Waals surface area contributed by atoms with Crippen LogP contribution in [0.3, 0.4) is 0 Å². The molecule has 82 valence electrons. The second-order valence-electron chi connectivity index (χ2n) is 2.91. The summed E-state index contributed by atoms with van der Waals surface area (Å²) in [5, 5.41) is 17.3. The minimum atomic E-state index is -2.76. The molecule has 0 aliphatic heterocycles. The minimum Gasteiger partial charge on any atom is -0.236 e. The normalized spacial score (nSPS) is 9.88. The fraction of sp³-hybridized carbons (Fsp3) is 0.300. The zero-order valence-corrected chi connectivity index (χ0v) is 8.80. The zero-order valence-electron chi connectivity index (χ0n) is 8.04. The summed E-state index contributed by atoms with van der Waals surface area (Å²) in [6.45, 7) is 0. The van der Waals surface area contributed by atoms with E-state index in [0.29, 0.717) is 11.1 Å². The lowest BCUT2D eigenvalue weighted by Gasteiger charge is -2.08. The topological polar surface area (TPSA) is 60.5 Å². The third-order valence-electron chi connectivity index (χ3n) is 1.97. The molecule has 0 fully saturated rings. The molecule has 1 heterocycles. The van der Waals surface area contributed by atoms with Crippen LogP contribution < -0.4 is 0 Å². The number of hydrogen-bond donors (Lipinski definition) is 0. The first kappa shape index (κ1) is 12.4. The van der Waals surface area contributed by atoms with Crippen LogP contribution in [0.2, 0.25) is 0 Å². The van der Waals surface area contributed by atoms with Crippen LogP contribution in [0.15, 0.2) is 6.07 Å². The van der Waals surface area contributed by atoms with Crippen LogP contribution in [-0.2, 0) is 12.3 Å². The summed E-state index contributed by atoms with van der Waals surface area (Å²) in [7, 11) is 0. The number of alkyl halides is 3. The fourth-order valence-electron chi connectivity index (χ4n) is 1.25. The van der Waals surface area contributed by atoms with Crippen LogP contribution in [0.5, 0.6) is 0 Å². The molecule has 0 amide bonds. The van der Waals surface area contributed by atoms with E-state index in [9.17, 15) is 8.78 Å².